The van der Waals surface area contributed by atoms with E-state index in [1.807, 2.05) is 0 Å². The molecule has 2 unspecified atom stereocenters. The van der Waals surface area contributed by atoms with Crippen LogP contribution in [0.1, 0.15) is 348 Å². The summed E-state index contributed by atoms with van der Waals surface area (Å²) in [6.07, 6.45) is 65.3. The Kier molecular flexibility index (Phi) is 55.5. The van der Waals surface area contributed by atoms with E-state index in [9.17, 15) is 19.8 Å². The van der Waals surface area contributed by atoms with Crippen molar-refractivity contribution in [1.82, 2.24) is 5.32 Å². The summed E-state index contributed by atoms with van der Waals surface area (Å²) < 4.78 is 5.47. The molecular weight excluding hydrogens is 815 g/mol. The normalized spacial score (nSPS) is 12.5. The first-order valence-electron chi connectivity index (χ1n) is 30.3. The number of aliphatic hydroxyl groups is 2. The maximum absolute atomic E-state index is 12.5. The number of hydrogen-bond acceptors (Lipinski definition) is 5. The molecule has 0 saturated heterocycles. The molecule has 0 aliphatic rings. The summed E-state index contributed by atoms with van der Waals surface area (Å²) in [4.78, 5) is 24.5. The second kappa shape index (κ2) is 56.4. The lowest BCUT2D eigenvalue weighted by Gasteiger charge is -2.22. The van der Waals surface area contributed by atoms with E-state index in [1.54, 1.807) is 0 Å². The molecule has 0 aliphatic carbocycles. The third kappa shape index (κ3) is 52.2. The Bertz CT molecular complexity index is 944. The summed E-state index contributed by atoms with van der Waals surface area (Å²) in [5.41, 5.74) is 0. The number of nitrogens with one attached hydrogen (secondary N) is 1. The molecule has 3 N–H and O–H groups in total. The number of hydrogen-bond donors (Lipinski definition) is 3. The van der Waals surface area contributed by atoms with Crippen molar-refractivity contribution >= 4 is 11.9 Å². The van der Waals surface area contributed by atoms with Crippen LogP contribution in [0.25, 0.3) is 0 Å². The molecule has 66 heavy (non-hydrogen) atoms. The summed E-state index contributed by atoms with van der Waals surface area (Å²) in [6, 6.07) is -0.547. The lowest BCUT2D eigenvalue weighted by molar-refractivity contribution is -0.143. The maximum Gasteiger partial charge on any atom is 0.305 e. The van der Waals surface area contributed by atoms with Gasteiger partial charge in [0.1, 0.15) is 0 Å². The average molecular weight is 935 g/mol. The topological polar surface area (TPSA) is 95.9 Å². The van der Waals surface area contributed by atoms with Gasteiger partial charge >= 0.3 is 5.97 Å². The molecule has 0 saturated carbocycles. The molecule has 0 aromatic heterocycles. The second-order valence-electron chi connectivity index (χ2n) is 21.1. The van der Waals surface area contributed by atoms with Gasteiger partial charge in [-0.25, -0.2) is 0 Å². The lowest BCUT2D eigenvalue weighted by Crippen LogP contribution is -2.45. The molecule has 0 spiro atoms. The number of unbranched alkanes of at least 4 members (excludes halogenated alkanes) is 46. The number of carbonyl (C=O) groups is 2. The SMILES string of the molecule is CCCCCCCCCCCCCCCCCCCCCCCCC(O)C(CO)NC(=O)CCCCCCCCCCCCCCCCCOC(=O)CCCCCCCCCCCCCC. The highest BCUT2D eigenvalue weighted by Crippen LogP contribution is 2.18. The van der Waals surface area contributed by atoms with Gasteiger partial charge in [0, 0.05) is 12.8 Å². The zero-order valence-corrected chi connectivity index (χ0v) is 45.0. The Balaban J connectivity index is 3.42. The van der Waals surface area contributed by atoms with E-state index in [0.717, 1.165) is 44.9 Å². The van der Waals surface area contributed by atoms with Gasteiger partial charge in [-0.3, -0.25) is 9.59 Å². The Morgan fingerprint density at radius 3 is 0.924 bits per heavy atom. The molecule has 0 aliphatic heterocycles. The molecule has 0 bridgehead atoms. The van der Waals surface area contributed by atoms with Crippen molar-refractivity contribution in [2.24, 2.45) is 0 Å². The van der Waals surface area contributed by atoms with Crippen molar-refractivity contribution in [3.8, 4) is 0 Å². The monoisotopic (exact) mass is 934 g/mol. The van der Waals surface area contributed by atoms with Crippen LogP contribution in [-0.2, 0) is 14.3 Å². The maximum atomic E-state index is 12.5. The van der Waals surface area contributed by atoms with Gasteiger partial charge in [0.25, 0.3) is 0 Å². The lowest BCUT2D eigenvalue weighted by atomic mass is 10.0. The summed E-state index contributed by atoms with van der Waals surface area (Å²) in [7, 11) is 0. The molecule has 0 heterocycles. The number of aliphatic hydroxyl groups excluding tert-OH is 2. The third-order valence-electron chi connectivity index (χ3n) is 14.4. The van der Waals surface area contributed by atoms with Crippen molar-refractivity contribution in [3.05, 3.63) is 0 Å². The summed E-state index contributed by atoms with van der Waals surface area (Å²) in [5.74, 6) is -0.0360. The van der Waals surface area contributed by atoms with Crippen molar-refractivity contribution in [3.63, 3.8) is 0 Å². The third-order valence-corrected chi connectivity index (χ3v) is 14.4. The fourth-order valence-electron chi connectivity index (χ4n) is 9.76. The number of rotatable bonds is 57. The van der Waals surface area contributed by atoms with E-state index >= 15 is 0 Å². The van der Waals surface area contributed by atoms with Gasteiger partial charge in [-0.1, -0.05) is 309 Å². The van der Waals surface area contributed by atoms with Gasteiger partial charge in [-0.15, -0.1) is 0 Å². The minimum absolute atomic E-state index is 0.00276. The molecule has 2 atom stereocenters. The number of carbonyl (C=O) groups excluding carboxylic acids is 2. The Hall–Kier alpha value is -1.14. The smallest absolute Gasteiger partial charge is 0.305 e. The number of esters is 1. The molecule has 1 amide bonds. The molecule has 0 aromatic rings. The van der Waals surface area contributed by atoms with E-state index in [2.05, 4.69) is 19.2 Å². The van der Waals surface area contributed by atoms with E-state index < -0.39 is 12.1 Å². The molecule has 0 fully saturated rings. The van der Waals surface area contributed by atoms with E-state index in [-0.39, 0.29) is 18.5 Å². The van der Waals surface area contributed by atoms with Gasteiger partial charge in [0.15, 0.2) is 0 Å². The van der Waals surface area contributed by atoms with Gasteiger partial charge in [0.05, 0.1) is 25.4 Å². The van der Waals surface area contributed by atoms with E-state index in [4.69, 9.17) is 4.74 Å². The van der Waals surface area contributed by atoms with Crippen molar-refractivity contribution < 1.29 is 24.5 Å². The van der Waals surface area contributed by atoms with Crippen LogP contribution < -0.4 is 5.32 Å². The number of ether oxygens (including phenoxy) is 1. The van der Waals surface area contributed by atoms with Crippen LogP contribution in [-0.4, -0.2) is 47.4 Å². The number of amides is 1. The highest BCUT2D eigenvalue weighted by Gasteiger charge is 2.20. The minimum Gasteiger partial charge on any atom is -0.466 e. The summed E-state index contributed by atoms with van der Waals surface area (Å²) >= 11 is 0. The standard InChI is InChI=1S/C60H119NO5/c1-3-5-7-9-11-13-15-17-18-19-20-21-22-23-24-26-29-32-36-40-44-48-52-58(63)57(56-62)61-59(64)53-49-45-41-37-33-30-27-25-28-31-35-39-43-47-51-55-66-60(65)54-50-46-42-38-34-16-14-12-10-8-6-4-2/h57-58,62-63H,3-56H2,1-2H3,(H,61,64). The van der Waals surface area contributed by atoms with Crippen LogP contribution in [0.3, 0.4) is 0 Å². The van der Waals surface area contributed by atoms with Crippen molar-refractivity contribution in [2.45, 2.75) is 360 Å². The first kappa shape index (κ1) is 64.9. The Morgan fingerprint density at radius 1 is 0.364 bits per heavy atom. The Labute approximate surface area is 413 Å². The summed E-state index contributed by atoms with van der Waals surface area (Å²) in [5, 5.41) is 23.4. The fourth-order valence-corrected chi connectivity index (χ4v) is 9.76. The van der Waals surface area contributed by atoms with Crippen LogP contribution in [0, 0.1) is 0 Å². The van der Waals surface area contributed by atoms with Crippen LogP contribution in [0.5, 0.6) is 0 Å². The quantitative estimate of drug-likeness (QED) is 0.0417. The molecule has 0 radical (unpaired) electrons. The van der Waals surface area contributed by atoms with Crippen LogP contribution in [0.4, 0.5) is 0 Å². The highest BCUT2D eigenvalue weighted by molar-refractivity contribution is 5.76. The molecule has 0 rings (SSSR count). The molecular formula is C60H119NO5. The zero-order valence-electron chi connectivity index (χ0n) is 45.0. The highest BCUT2D eigenvalue weighted by atomic mass is 16.5. The predicted molar refractivity (Wildman–Crippen MR) is 287 cm³/mol. The van der Waals surface area contributed by atoms with Crippen molar-refractivity contribution in [2.75, 3.05) is 13.2 Å². The second-order valence-corrected chi connectivity index (χ2v) is 21.1. The van der Waals surface area contributed by atoms with Crippen molar-refractivity contribution in [1.29, 1.82) is 0 Å². The Morgan fingerprint density at radius 2 is 0.621 bits per heavy atom. The molecule has 394 valence electrons. The van der Waals surface area contributed by atoms with Crippen LogP contribution >= 0.6 is 0 Å². The van der Waals surface area contributed by atoms with E-state index in [1.165, 1.54) is 270 Å². The fraction of sp³-hybridized carbons (Fsp3) is 0.967. The first-order valence-corrected chi connectivity index (χ1v) is 30.3. The molecule has 6 heteroatoms. The van der Waals surface area contributed by atoms with Gasteiger partial charge in [0.2, 0.25) is 5.91 Å². The minimum atomic E-state index is -0.669. The predicted octanol–water partition coefficient (Wildman–Crippen LogP) is 18.7. The van der Waals surface area contributed by atoms with Gasteiger partial charge in [-0.2, -0.15) is 0 Å². The largest absolute Gasteiger partial charge is 0.466 e. The average Bonchev–Trinajstić information content (AvgIpc) is 3.32. The van der Waals surface area contributed by atoms with E-state index in [0.29, 0.717) is 25.9 Å². The first-order chi connectivity index (χ1) is 32.5. The van der Waals surface area contributed by atoms with Gasteiger partial charge < -0.3 is 20.3 Å². The molecule has 0 aromatic carbocycles. The van der Waals surface area contributed by atoms with Crippen LogP contribution in [0.15, 0.2) is 0 Å². The molecule has 6 nitrogen and oxygen atoms in total. The van der Waals surface area contributed by atoms with Gasteiger partial charge in [-0.05, 0) is 25.7 Å². The van der Waals surface area contributed by atoms with Crippen LogP contribution in [0.2, 0.25) is 0 Å². The summed E-state index contributed by atoms with van der Waals surface area (Å²) in [6.45, 7) is 4.97. The zero-order chi connectivity index (χ0) is 47.9.